The Morgan fingerprint density at radius 3 is 2.53 bits per heavy atom. The lowest BCUT2D eigenvalue weighted by atomic mass is 10.0. The summed E-state index contributed by atoms with van der Waals surface area (Å²) in [4.78, 5) is 0.0395. The molecule has 1 N–H and O–H groups in total. The van der Waals surface area contributed by atoms with Crippen LogP contribution in [0.1, 0.15) is 33.6 Å². The van der Waals surface area contributed by atoms with Gasteiger partial charge in [0.15, 0.2) is 0 Å². The number of ether oxygens (including phenoxy) is 1. The van der Waals surface area contributed by atoms with E-state index in [1.165, 1.54) is 19.2 Å². The number of sulfonamides is 1. The Labute approximate surface area is 120 Å². The minimum absolute atomic E-state index is 0.0395. The highest BCUT2D eigenvalue weighted by atomic mass is 35.5. The number of methoxy groups -OCH3 is 1. The molecule has 0 heterocycles. The summed E-state index contributed by atoms with van der Waals surface area (Å²) in [5, 5.41) is 0.181. The van der Waals surface area contributed by atoms with Gasteiger partial charge in [-0.2, -0.15) is 0 Å². The van der Waals surface area contributed by atoms with E-state index in [2.05, 4.69) is 4.72 Å². The topological polar surface area (TPSA) is 55.4 Å². The van der Waals surface area contributed by atoms with Crippen LogP contribution in [0.15, 0.2) is 23.1 Å². The molecule has 0 radical (unpaired) electrons. The average molecular weight is 306 g/mol. The molecule has 0 aromatic heterocycles. The van der Waals surface area contributed by atoms with Crippen molar-refractivity contribution in [3.63, 3.8) is 0 Å². The third-order valence-electron chi connectivity index (χ3n) is 2.71. The highest BCUT2D eigenvalue weighted by Gasteiger charge is 2.27. The first-order valence-corrected chi connectivity index (χ1v) is 7.95. The van der Waals surface area contributed by atoms with Crippen molar-refractivity contribution in [3.8, 4) is 5.75 Å². The Kier molecular flexibility index (Phi) is 5.24. The van der Waals surface area contributed by atoms with Crippen LogP contribution >= 0.6 is 11.6 Å². The molecule has 0 saturated carbocycles. The van der Waals surface area contributed by atoms with Gasteiger partial charge >= 0.3 is 0 Å². The van der Waals surface area contributed by atoms with Crippen LogP contribution in [0.5, 0.6) is 5.75 Å². The summed E-state index contributed by atoms with van der Waals surface area (Å²) in [7, 11) is -2.19. The fourth-order valence-electron chi connectivity index (χ4n) is 1.91. The van der Waals surface area contributed by atoms with Gasteiger partial charge in [0.25, 0.3) is 0 Å². The van der Waals surface area contributed by atoms with Crippen molar-refractivity contribution in [1.29, 1.82) is 0 Å². The SMILES string of the molecule is CCCC(C)(C)NS(=O)(=O)c1cc(OC)ccc1Cl. The maximum Gasteiger partial charge on any atom is 0.242 e. The van der Waals surface area contributed by atoms with Crippen LogP contribution in [-0.4, -0.2) is 21.1 Å². The molecule has 0 aliphatic heterocycles. The van der Waals surface area contributed by atoms with E-state index in [0.717, 1.165) is 12.8 Å². The first-order valence-electron chi connectivity index (χ1n) is 6.09. The zero-order valence-electron chi connectivity index (χ0n) is 11.7. The van der Waals surface area contributed by atoms with Crippen molar-refractivity contribution in [2.24, 2.45) is 0 Å². The highest BCUT2D eigenvalue weighted by molar-refractivity contribution is 7.89. The lowest BCUT2D eigenvalue weighted by Gasteiger charge is -2.25. The summed E-state index contributed by atoms with van der Waals surface area (Å²) >= 11 is 5.97. The molecule has 1 aromatic carbocycles. The monoisotopic (exact) mass is 305 g/mol. The first-order chi connectivity index (χ1) is 8.72. The lowest BCUT2D eigenvalue weighted by molar-refractivity contribution is 0.410. The van der Waals surface area contributed by atoms with Crippen LogP contribution in [0, 0.1) is 0 Å². The first kappa shape index (κ1) is 16.3. The van der Waals surface area contributed by atoms with Crippen LogP contribution in [0.2, 0.25) is 5.02 Å². The lowest BCUT2D eigenvalue weighted by Crippen LogP contribution is -2.43. The minimum atomic E-state index is -3.67. The molecule has 0 fully saturated rings. The van der Waals surface area contributed by atoms with Crippen LogP contribution < -0.4 is 9.46 Å². The highest BCUT2D eigenvalue weighted by Crippen LogP contribution is 2.27. The number of benzene rings is 1. The summed E-state index contributed by atoms with van der Waals surface area (Å²) in [5.41, 5.74) is -0.514. The summed E-state index contributed by atoms with van der Waals surface area (Å²) < 4.78 is 32.4. The summed E-state index contributed by atoms with van der Waals surface area (Å²) in [6, 6.07) is 4.56. The summed E-state index contributed by atoms with van der Waals surface area (Å²) in [5.74, 6) is 0.457. The second kappa shape index (κ2) is 6.11. The van der Waals surface area contributed by atoms with Gasteiger partial charge in [0, 0.05) is 11.6 Å². The molecular weight excluding hydrogens is 286 g/mol. The van der Waals surface area contributed by atoms with Crippen molar-refractivity contribution in [3.05, 3.63) is 23.2 Å². The van der Waals surface area contributed by atoms with E-state index in [0.29, 0.717) is 5.75 Å². The smallest absolute Gasteiger partial charge is 0.242 e. The fourth-order valence-corrected chi connectivity index (χ4v) is 3.87. The van der Waals surface area contributed by atoms with E-state index in [1.807, 2.05) is 20.8 Å². The average Bonchev–Trinajstić information content (AvgIpc) is 2.27. The molecule has 0 atom stereocenters. The third kappa shape index (κ3) is 4.37. The van der Waals surface area contributed by atoms with Crippen LogP contribution in [0.25, 0.3) is 0 Å². The Balaban J connectivity index is 3.13. The second-order valence-electron chi connectivity index (χ2n) is 5.04. The predicted molar refractivity (Wildman–Crippen MR) is 77.3 cm³/mol. The molecule has 0 unspecified atom stereocenters. The molecule has 1 rings (SSSR count). The van der Waals surface area contributed by atoms with Crippen molar-refractivity contribution in [2.45, 2.75) is 44.0 Å². The van der Waals surface area contributed by atoms with Crippen molar-refractivity contribution < 1.29 is 13.2 Å². The van der Waals surface area contributed by atoms with E-state index < -0.39 is 15.6 Å². The molecule has 0 aliphatic rings. The van der Waals surface area contributed by atoms with Crippen molar-refractivity contribution in [2.75, 3.05) is 7.11 Å². The Morgan fingerprint density at radius 1 is 1.37 bits per heavy atom. The summed E-state index contributed by atoms with van der Waals surface area (Å²) in [6.45, 7) is 5.71. The normalized spacial score (nSPS) is 12.5. The van der Waals surface area contributed by atoms with E-state index in [4.69, 9.17) is 16.3 Å². The zero-order chi connectivity index (χ0) is 14.7. The molecule has 0 amide bonds. The Morgan fingerprint density at radius 2 is 2.00 bits per heavy atom. The van der Waals surface area contributed by atoms with Crippen LogP contribution in [0.4, 0.5) is 0 Å². The van der Waals surface area contributed by atoms with Gasteiger partial charge in [-0.15, -0.1) is 0 Å². The molecule has 6 heteroatoms. The Bertz CT molecular complexity index is 541. The van der Waals surface area contributed by atoms with Gasteiger partial charge in [-0.25, -0.2) is 13.1 Å². The van der Waals surface area contributed by atoms with Crippen LogP contribution in [-0.2, 0) is 10.0 Å². The molecule has 1 aromatic rings. The second-order valence-corrected chi connectivity index (χ2v) is 7.09. The number of hydrogen-bond donors (Lipinski definition) is 1. The molecule has 4 nitrogen and oxygen atoms in total. The maximum atomic E-state index is 12.4. The largest absolute Gasteiger partial charge is 0.497 e. The molecule has 19 heavy (non-hydrogen) atoms. The molecule has 0 saturated heterocycles. The van der Waals surface area contributed by atoms with Gasteiger partial charge in [-0.3, -0.25) is 0 Å². The number of halogens is 1. The van der Waals surface area contributed by atoms with E-state index >= 15 is 0 Å². The van der Waals surface area contributed by atoms with Gasteiger partial charge in [-0.05, 0) is 32.4 Å². The van der Waals surface area contributed by atoms with Gasteiger partial charge in [-0.1, -0.05) is 24.9 Å². The zero-order valence-corrected chi connectivity index (χ0v) is 13.2. The van der Waals surface area contributed by atoms with Crippen LogP contribution in [0.3, 0.4) is 0 Å². The summed E-state index contributed by atoms with van der Waals surface area (Å²) in [6.07, 6.45) is 1.63. The molecular formula is C13H20ClNO3S. The molecule has 0 aliphatic carbocycles. The number of nitrogens with one attached hydrogen (secondary N) is 1. The van der Waals surface area contributed by atoms with Gasteiger partial charge in [0.2, 0.25) is 10.0 Å². The maximum absolute atomic E-state index is 12.4. The minimum Gasteiger partial charge on any atom is -0.497 e. The van der Waals surface area contributed by atoms with Gasteiger partial charge in [0.05, 0.1) is 12.1 Å². The predicted octanol–water partition coefficient (Wildman–Crippen LogP) is 3.21. The number of rotatable bonds is 6. The van der Waals surface area contributed by atoms with Gasteiger partial charge in [0.1, 0.15) is 10.6 Å². The van der Waals surface area contributed by atoms with E-state index in [-0.39, 0.29) is 9.92 Å². The van der Waals surface area contributed by atoms with E-state index in [1.54, 1.807) is 6.07 Å². The van der Waals surface area contributed by atoms with Gasteiger partial charge < -0.3 is 4.74 Å². The number of hydrogen-bond acceptors (Lipinski definition) is 3. The standard InChI is InChI=1S/C13H20ClNO3S/c1-5-8-13(2,3)15-19(16,17)12-9-10(18-4)6-7-11(12)14/h6-7,9,15H,5,8H2,1-4H3. The third-order valence-corrected chi connectivity index (χ3v) is 4.89. The molecule has 0 bridgehead atoms. The molecule has 108 valence electrons. The Hall–Kier alpha value is -0.780. The van der Waals surface area contributed by atoms with Crippen molar-refractivity contribution in [1.82, 2.24) is 4.72 Å². The quantitative estimate of drug-likeness (QED) is 0.878. The fraction of sp³-hybridized carbons (Fsp3) is 0.538. The van der Waals surface area contributed by atoms with E-state index in [9.17, 15) is 8.42 Å². The molecule has 0 spiro atoms. The van der Waals surface area contributed by atoms with Crippen molar-refractivity contribution >= 4 is 21.6 Å².